The summed E-state index contributed by atoms with van der Waals surface area (Å²) >= 11 is 0. The van der Waals surface area contributed by atoms with E-state index in [2.05, 4.69) is 14.9 Å². The second-order valence-electron chi connectivity index (χ2n) is 7.15. The number of carbonyl (C=O) groups is 1. The first-order chi connectivity index (χ1) is 12.3. The Balaban J connectivity index is 1.40. The first-order valence-corrected chi connectivity index (χ1v) is 9.34. The third-order valence-electron chi connectivity index (χ3n) is 5.55. The molecule has 7 nitrogen and oxygen atoms in total. The molecule has 0 saturated carbocycles. The van der Waals surface area contributed by atoms with Crippen molar-refractivity contribution in [1.29, 1.82) is 0 Å². The molecule has 0 radical (unpaired) electrons. The summed E-state index contributed by atoms with van der Waals surface area (Å²) in [6, 6.07) is 0. The molecule has 136 valence electrons. The lowest BCUT2D eigenvalue weighted by Gasteiger charge is -2.27. The molecule has 3 fully saturated rings. The van der Waals surface area contributed by atoms with Gasteiger partial charge in [-0.05, 0) is 32.1 Å². The van der Waals surface area contributed by atoms with Crippen molar-refractivity contribution in [2.24, 2.45) is 0 Å². The second kappa shape index (κ2) is 7.25. The van der Waals surface area contributed by atoms with Crippen molar-refractivity contribution in [1.82, 2.24) is 14.9 Å². The predicted molar refractivity (Wildman–Crippen MR) is 92.7 cm³/mol. The first-order valence-electron chi connectivity index (χ1n) is 9.34. The minimum atomic E-state index is 0.0196. The molecule has 0 N–H and O–H groups in total. The number of aromatic nitrogens is 2. The Kier molecular flexibility index (Phi) is 4.85. The van der Waals surface area contributed by atoms with Crippen LogP contribution in [0.2, 0.25) is 0 Å². The molecular weight excluding hydrogens is 320 g/mol. The number of morpholine rings is 1. The van der Waals surface area contributed by atoms with Gasteiger partial charge in [0.2, 0.25) is 5.95 Å². The van der Waals surface area contributed by atoms with Crippen LogP contribution in [0.15, 0.2) is 12.4 Å². The van der Waals surface area contributed by atoms with Crippen molar-refractivity contribution in [3.63, 3.8) is 0 Å². The van der Waals surface area contributed by atoms with Gasteiger partial charge in [-0.3, -0.25) is 4.79 Å². The average molecular weight is 346 g/mol. The van der Waals surface area contributed by atoms with Crippen LogP contribution in [0.3, 0.4) is 0 Å². The second-order valence-corrected chi connectivity index (χ2v) is 7.15. The maximum Gasteiger partial charge on any atom is 0.256 e. The Morgan fingerprint density at radius 2 is 1.72 bits per heavy atom. The molecule has 1 atom stereocenters. The van der Waals surface area contributed by atoms with Crippen LogP contribution in [0.5, 0.6) is 0 Å². The third-order valence-corrected chi connectivity index (χ3v) is 5.55. The van der Waals surface area contributed by atoms with Crippen molar-refractivity contribution in [2.75, 3.05) is 50.9 Å². The van der Waals surface area contributed by atoms with E-state index in [4.69, 9.17) is 9.47 Å². The fourth-order valence-electron chi connectivity index (χ4n) is 4.06. The topological polar surface area (TPSA) is 67.8 Å². The molecule has 3 aliphatic rings. The summed E-state index contributed by atoms with van der Waals surface area (Å²) in [6.45, 7) is 5.39. The van der Waals surface area contributed by atoms with Crippen molar-refractivity contribution < 1.29 is 14.3 Å². The first kappa shape index (κ1) is 16.7. The van der Waals surface area contributed by atoms with Gasteiger partial charge in [0.15, 0.2) is 0 Å². The molecule has 1 spiro atoms. The number of anilines is 1. The highest BCUT2D eigenvalue weighted by Crippen LogP contribution is 2.35. The molecule has 1 aromatic rings. The van der Waals surface area contributed by atoms with Gasteiger partial charge in [0.05, 0.1) is 24.4 Å². The van der Waals surface area contributed by atoms with E-state index >= 15 is 0 Å². The number of carbonyl (C=O) groups excluding carboxylic acids is 1. The molecule has 0 aliphatic carbocycles. The van der Waals surface area contributed by atoms with E-state index in [1.807, 2.05) is 4.90 Å². The maximum absolute atomic E-state index is 12.8. The Morgan fingerprint density at radius 3 is 2.44 bits per heavy atom. The number of rotatable bonds is 2. The lowest BCUT2D eigenvalue weighted by molar-refractivity contribution is -0.00691. The molecule has 4 heterocycles. The predicted octanol–water partition coefficient (Wildman–Crippen LogP) is 1.49. The third kappa shape index (κ3) is 3.62. The van der Waals surface area contributed by atoms with Crippen LogP contribution in [-0.2, 0) is 9.47 Å². The Bertz CT molecular complexity index is 595. The van der Waals surface area contributed by atoms with Crippen LogP contribution >= 0.6 is 0 Å². The summed E-state index contributed by atoms with van der Waals surface area (Å²) in [5.74, 6) is 0.706. The smallest absolute Gasteiger partial charge is 0.256 e. The highest BCUT2D eigenvalue weighted by molar-refractivity contribution is 5.93. The lowest BCUT2D eigenvalue weighted by Crippen LogP contribution is -2.37. The van der Waals surface area contributed by atoms with E-state index in [9.17, 15) is 4.79 Å². The van der Waals surface area contributed by atoms with Crippen LogP contribution < -0.4 is 4.90 Å². The average Bonchev–Trinajstić information content (AvgIpc) is 3.03. The van der Waals surface area contributed by atoms with Crippen molar-refractivity contribution in [3.8, 4) is 0 Å². The Hall–Kier alpha value is -1.73. The van der Waals surface area contributed by atoms with Crippen LogP contribution in [0.25, 0.3) is 0 Å². The number of amides is 1. The van der Waals surface area contributed by atoms with Crippen molar-refractivity contribution >= 4 is 11.9 Å². The van der Waals surface area contributed by atoms with Gasteiger partial charge < -0.3 is 19.3 Å². The number of hydrogen-bond acceptors (Lipinski definition) is 6. The van der Waals surface area contributed by atoms with E-state index in [0.717, 1.165) is 64.9 Å². The molecular formula is C18H26N4O3. The minimum absolute atomic E-state index is 0.0196. The molecule has 1 amide bonds. The van der Waals surface area contributed by atoms with Gasteiger partial charge >= 0.3 is 0 Å². The number of hydrogen-bond donors (Lipinski definition) is 0. The summed E-state index contributed by atoms with van der Waals surface area (Å²) in [5, 5.41) is 0. The highest BCUT2D eigenvalue weighted by Gasteiger charge is 2.37. The van der Waals surface area contributed by atoms with Crippen LogP contribution in [0.4, 0.5) is 5.95 Å². The van der Waals surface area contributed by atoms with Gasteiger partial charge in [-0.15, -0.1) is 0 Å². The van der Waals surface area contributed by atoms with Crippen LogP contribution in [0, 0.1) is 0 Å². The minimum Gasteiger partial charge on any atom is -0.378 e. The van der Waals surface area contributed by atoms with Gasteiger partial charge in [0.1, 0.15) is 0 Å². The van der Waals surface area contributed by atoms with Crippen LogP contribution in [0.1, 0.15) is 42.5 Å². The lowest BCUT2D eigenvalue weighted by atomic mass is 9.92. The van der Waals surface area contributed by atoms with Gasteiger partial charge in [0, 0.05) is 45.2 Å². The van der Waals surface area contributed by atoms with E-state index in [-0.39, 0.29) is 11.5 Å². The van der Waals surface area contributed by atoms with Crippen LogP contribution in [-0.4, -0.2) is 72.4 Å². The molecule has 1 aromatic heterocycles. The molecule has 3 saturated heterocycles. The maximum atomic E-state index is 12.8. The molecule has 4 rings (SSSR count). The Morgan fingerprint density at radius 1 is 0.960 bits per heavy atom. The molecule has 0 aromatic carbocycles. The van der Waals surface area contributed by atoms with Gasteiger partial charge in [-0.1, -0.05) is 0 Å². The highest BCUT2D eigenvalue weighted by atomic mass is 16.5. The quantitative estimate of drug-likeness (QED) is 0.808. The molecule has 0 bridgehead atoms. The molecule has 1 unspecified atom stereocenters. The fourth-order valence-corrected chi connectivity index (χ4v) is 4.06. The molecule has 3 aliphatic heterocycles. The SMILES string of the molecule is O=C(c1cnc(N2CCOCC2)nc1)N1CCCC2(CCCO2)CC1. The summed E-state index contributed by atoms with van der Waals surface area (Å²) in [6.07, 6.45) is 8.59. The molecule has 7 heteroatoms. The fraction of sp³-hybridized carbons (Fsp3) is 0.722. The van der Waals surface area contributed by atoms with Crippen molar-refractivity contribution in [2.45, 2.75) is 37.7 Å². The zero-order valence-electron chi connectivity index (χ0n) is 14.7. The van der Waals surface area contributed by atoms with E-state index in [1.54, 1.807) is 12.4 Å². The van der Waals surface area contributed by atoms with Crippen molar-refractivity contribution in [3.05, 3.63) is 18.0 Å². The molecule has 25 heavy (non-hydrogen) atoms. The largest absolute Gasteiger partial charge is 0.378 e. The standard InChI is InChI=1S/C18H26N4O3/c23-16(21-6-1-3-18(5-7-21)4-2-10-25-18)15-13-19-17(20-14-15)22-8-11-24-12-9-22/h13-14H,1-12H2. The van der Waals surface area contributed by atoms with Gasteiger partial charge in [-0.2, -0.15) is 0 Å². The Labute approximate surface area is 148 Å². The monoisotopic (exact) mass is 346 g/mol. The summed E-state index contributed by atoms with van der Waals surface area (Å²) in [4.78, 5) is 25.6. The zero-order valence-corrected chi connectivity index (χ0v) is 14.7. The van der Waals surface area contributed by atoms with E-state index in [0.29, 0.717) is 24.7 Å². The summed E-state index contributed by atoms with van der Waals surface area (Å²) < 4.78 is 11.3. The summed E-state index contributed by atoms with van der Waals surface area (Å²) in [5.41, 5.74) is 0.589. The number of likely N-dealkylation sites (tertiary alicyclic amines) is 1. The van der Waals surface area contributed by atoms with E-state index < -0.39 is 0 Å². The normalized spacial score (nSPS) is 27.5. The van der Waals surface area contributed by atoms with E-state index in [1.165, 1.54) is 0 Å². The number of ether oxygens (including phenoxy) is 2. The summed E-state index contributed by atoms with van der Waals surface area (Å²) in [7, 11) is 0. The van der Waals surface area contributed by atoms with Gasteiger partial charge in [-0.25, -0.2) is 9.97 Å². The number of nitrogens with zero attached hydrogens (tertiary/aromatic N) is 4. The zero-order chi connectivity index (χ0) is 17.1. The van der Waals surface area contributed by atoms with Gasteiger partial charge in [0.25, 0.3) is 5.91 Å².